The first-order valence-corrected chi connectivity index (χ1v) is 6.81. The maximum absolute atomic E-state index is 6.01. The Morgan fingerprint density at radius 1 is 1.12 bits per heavy atom. The van der Waals surface area contributed by atoms with E-state index in [1.165, 1.54) is 36.8 Å². The molecule has 1 fully saturated rings. The molecule has 0 heterocycles. The van der Waals surface area contributed by atoms with Gasteiger partial charge in [-0.3, -0.25) is 0 Å². The molecule has 2 aliphatic carbocycles. The van der Waals surface area contributed by atoms with Crippen molar-refractivity contribution in [2.75, 3.05) is 7.05 Å². The summed E-state index contributed by atoms with van der Waals surface area (Å²) in [5.41, 5.74) is 3.04. The van der Waals surface area contributed by atoms with E-state index >= 15 is 0 Å². The van der Waals surface area contributed by atoms with E-state index in [1.54, 1.807) is 0 Å². The first-order chi connectivity index (χ1) is 8.35. The summed E-state index contributed by atoms with van der Waals surface area (Å²) in [6.45, 7) is 0. The largest absolute Gasteiger partial charge is 0.490 e. The van der Waals surface area contributed by atoms with Gasteiger partial charge in [-0.1, -0.05) is 6.07 Å². The minimum Gasteiger partial charge on any atom is -0.490 e. The third-order valence-corrected chi connectivity index (χ3v) is 4.13. The topological polar surface area (TPSA) is 21.3 Å². The first-order valence-electron chi connectivity index (χ1n) is 6.81. The molecule has 2 nitrogen and oxygen atoms in total. The van der Waals surface area contributed by atoms with Crippen LogP contribution < -0.4 is 10.1 Å². The Labute approximate surface area is 103 Å². The monoisotopic (exact) mass is 231 g/mol. The van der Waals surface area contributed by atoms with E-state index in [1.807, 2.05) is 7.05 Å². The molecule has 3 rings (SSSR count). The molecule has 0 radical (unpaired) electrons. The van der Waals surface area contributed by atoms with Crippen molar-refractivity contribution in [3.8, 4) is 5.75 Å². The Bertz CT molecular complexity index is 396. The first kappa shape index (κ1) is 11.1. The minimum atomic E-state index is 0.425. The van der Waals surface area contributed by atoms with E-state index in [0.29, 0.717) is 12.1 Å². The van der Waals surface area contributed by atoms with E-state index in [4.69, 9.17) is 4.74 Å². The normalized spacial score (nSPS) is 27.1. The van der Waals surface area contributed by atoms with Gasteiger partial charge in [-0.15, -0.1) is 0 Å². The summed E-state index contributed by atoms with van der Waals surface area (Å²) in [5, 5.41) is 3.29. The zero-order valence-electron chi connectivity index (χ0n) is 10.5. The third-order valence-electron chi connectivity index (χ3n) is 4.13. The van der Waals surface area contributed by atoms with Crippen molar-refractivity contribution in [2.45, 2.75) is 50.7 Å². The van der Waals surface area contributed by atoms with Gasteiger partial charge in [-0.25, -0.2) is 0 Å². The van der Waals surface area contributed by atoms with Gasteiger partial charge < -0.3 is 10.1 Å². The zero-order chi connectivity index (χ0) is 11.7. The van der Waals surface area contributed by atoms with Crippen LogP contribution in [0, 0.1) is 0 Å². The van der Waals surface area contributed by atoms with Gasteiger partial charge in [0.25, 0.3) is 0 Å². The number of aryl methyl sites for hydroxylation is 2. The zero-order valence-corrected chi connectivity index (χ0v) is 10.5. The molecule has 0 aromatic heterocycles. The van der Waals surface area contributed by atoms with Crippen LogP contribution in [0.4, 0.5) is 0 Å². The van der Waals surface area contributed by atoms with Crippen LogP contribution in [0.2, 0.25) is 0 Å². The van der Waals surface area contributed by atoms with Crippen LogP contribution in [0.25, 0.3) is 0 Å². The molecule has 1 aromatic carbocycles. The molecule has 0 amide bonds. The molecule has 92 valence electrons. The summed E-state index contributed by atoms with van der Waals surface area (Å²) in [6, 6.07) is 7.34. The van der Waals surface area contributed by atoms with E-state index < -0.39 is 0 Å². The fourth-order valence-electron chi connectivity index (χ4n) is 2.87. The summed E-state index contributed by atoms with van der Waals surface area (Å²) in [6.07, 6.45) is 7.88. The molecular formula is C15H21NO. The van der Waals surface area contributed by atoms with Gasteiger partial charge in [-0.05, 0) is 68.8 Å². The SMILES string of the molecule is CNC1CC(Oc2ccc3c(c2)CCCC3)C1. The van der Waals surface area contributed by atoms with Crippen molar-refractivity contribution < 1.29 is 4.74 Å². The van der Waals surface area contributed by atoms with Gasteiger partial charge in [0.15, 0.2) is 0 Å². The second kappa shape index (κ2) is 4.69. The average molecular weight is 231 g/mol. The van der Waals surface area contributed by atoms with Gasteiger partial charge >= 0.3 is 0 Å². The fraction of sp³-hybridized carbons (Fsp3) is 0.600. The van der Waals surface area contributed by atoms with Crippen LogP contribution in [0.15, 0.2) is 18.2 Å². The smallest absolute Gasteiger partial charge is 0.120 e. The number of benzene rings is 1. The van der Waals surface area contributed by atoms with Gasteiger partial charge in [0.05, 0.1) is 0 Å². The highest BCUT2D eigenvalue weighted by atomic mass is 16.5. The summed E-state index contributed by atoms with van der Waals surface area (Å²) in [5.74, 6) is 1.07. The van der Waals surface area contributed by atoms with Crippen LogP contribution in [-0.4, -0.2) is 19.2 Å². The van der Waals surface area contributed by atoms with Gasteiger partial charge in [0.1, 0.15) is 11.9 Å². The lowest BCUT2D eigenvalue weighted by molar-refractivity contribution is 0.0884. The predicted molar refractivity (Wildman–Crippen MR) is 69.6 cm³/mol. The lowest BCUT2D eigenvalue weighted by Gasteiger charge is -2.35. The van der Waals surface area contributed by atoms with Crippen molar-refractivity contribution in [3.63, 3.8) is 0 Å². The summed E-state index contributed by atoms with van der Waals surface area (Å²) in [7, 11) is 2.03. The van der Waals surface area contributed by atoms with Gasteiger partial charge in [0.2, 0.25) is 0 Å². The third kappa shape index (κ3) is 2.32. The molecule has 2 aliphatic rings. The van der Waals surface area contributed by atoms with Crippen LogP contribution in [0.1, 0.15) is 36.8 Å². The molecule has 0 spiro atoms. The van der Waals surface area contributed by atoms with Crippen molar-refractivity contribution in [3.05, 3.63) is 29.3 Å². The maximum atomic E-state index is 6.01. The van der Waals surface area contributed by atoms with Crippen molar-refractivity contribution >= 4 is 0 Å². The molecule has 2 heteroatoms. The standard InChI is InChI=1S/C15H21NO/c1-16-13-9-15(10-13)17-14-7-6-11-4-2-3-5-12(11)8-14/h6-8,13,15-16H,2-5,9-10H2,1H3. The van der Waals surface area contributed by atoms with Gasteiger partial charge in [0, 0.05) is 6.04 Å². The summed E-state index contributed by atoms with van der Waals surface area (Å²) < 4.78 is 6.01. The maximum Gasteiger partial charge on any atom is 0.120 e. The minimum absolute atomic E-state index is 0.425. The number of ether oxygens (including phenoxy) is 1. The average Bonchev–Trinajstić information content (AvgIpc) is 2.33. The molecular weight excluding hydrogens is 210 g/mol. The van der Waals surface area contributed by atoms with E-state index in [2.05, 4.69) is 23.5 Å². The van der Waals surface area contributed by atoms with Crippen molar-refractivity contribution in [1.29, 1.82) is 0 Å². The van der Waals surface area contributed by atoms with Crippen molar-refractivity contribution in [1.82, 2.24) is 5.32 Å². The number of nitrogens with one attached hydrogen (secondary N) is 1. The van der Waals surface area contributed by atoms with Crippen LogP contribution in [-0.2, 0) is 12.8 Å². The summed E-state index contributed by atoms with van der Waals surface area (Å²) >= 11 is 0. The molecule has 1 N–H and O–H groups in total. The van der Waals surface area contributed by atoms with E-state index in [9.17, 15) is 0 Å². The molecule has 17 heavy (non-hydrogen) atoms. The number of fused-ring (bicyclic) bond motifs is 1. The Morgan fingerprint density at radius 3 is 2.65 bits per heavy atom. The molecule has 0 unspecified atom stereocenters. The van der Waals surface area contributed by atoms with E-state index in [0.717, 1.165) is 18.6 Å². The van der Waals surface area contributed by atoms with E-state index in [-0.39, 0.29) is 0 Å². The highest BCUT2D eigenvalue weighted by Gasteiger charge is 2.29. The summed E-state index contributed by atoms with van der Waals surface area (Å²) in [4.78, 5) is 0. The molecule has 0 aliphatic heterocycles. The molecule has 1 saturated carbocycles. The number of rotatable bonds is 3. The Morgan fingerprint density at radius 2 is 1.88 bits per heavy atom. The molecule has 0 atom stereocenters. The highest BCUT2D eigenvalue weighted by Crippen LogP contribution is 2.29. The van der Waals surface area contributed by atoms with Crippen LogP contribution in [0.3, 0.4) is 0 Å². The number of hydrogen-bond donors (Lipinski definition) is 1. The predicted octanol–water partition coefficient (Wildman–Crippen LogP) is 2.69. The van der Waals surface area contributed by atoms with Gasteiger partial charge in [-0.2, -0.15) is 0 Å². The molecule has 0 saturated heterocycles. The highest BCUT2D eigenvalue weighted by molar-refractivity contribution is 5.37. The Hall–Kier alpha value is -1.02. The molecule has 1 aromatic rings. The molecule has 0 bridgehead atoms. The lowest BCUT2D eigenvalue weighted by Crippen LogP contribution is -2.45. The van der Waals surface area contributed by atoms with Crippen LogP contribution in [0.5, 0.6) is 5.75 Å². The Balaban J connectivity index is 1.64. The fourth-order valence-corrected chi connectivity index (χ4v) is 2.87. The second-order valence-electron chi connectivity index (χ2n) is 5.33. The second-order valence-corrected chi connectivity index (χ2v) is 5.33. The quantitative estimate of drug-likeness (QED) is 0.863. The van der Waals surface area contributed by atoms with Crippen LogP contribution >= 0.6 is 0 Å². The lowest BCUT2D eigenvalue weighted by atomic mass is 9.89. The Kier molecular flexibility index (Phi) is 3.06. The van der Waals surface area contributed by atoms with Crippen molar-refractivity contribution in [2.24, 2.45) is 0 Å². The number of hydrogen-bond acceptors (Lipinski definition) is 2.